The highest BCUT2D eigenvalue weighted by molar-refractivity contribution is 9.10. The van der Waals surface area contributed by atoms with Crippen molar-refractivity contribution in [2.45, 2.75) is 19.1 Å². The van der Waals surface area contributed by atoms with Crippen molar-refractivity contribution < 1.29 is 14.2 Å². The topological polar surface area (TPSA) is 65.0 Å². The highest BCUT2D eigenvalue weighted by Crippen LogP contribution is 2.25. The second-order valence-corrected chi connectivity index (χ2v) is 8.39. The van der Waals surface area contributed by atoms with Crippen LogP contribution in [0, 0.1) is 0 Å². The fraction of sp³-hybridized carbons (Fsp3) is 0.273. The molecule has 3 aromatic rings. The van der Waals surface area contributed by atoms with Crippen LogP contribution in [0.3, 0.4) is 0 Å². The molecule has 0 atom stereocenters. The molecule has 1 aliphatic rings. The number of halogens is 1. The van der Waals surface area contributed by atoms with E-state index < -0.39 is 0 Å². The molecule has 0 saturated carbocycles. The molecule has 0 unspecified atom stereocenters. The lowest BCUT2D eigenvalue weighted by molar-refractivity contribution is -0.183. The molecule has 0 radical (unpaired) electrons. The molecule has 0 amide bonds. The van der Waals surface area contributed by atoms with Gasteiger partial charge in [0, 0.05) is 27.4 Å². The molecule has 156 valence electrons. The van der Waals surface area contributed by atoms with Crippen LogP contribution in [0.2, 0.25) is 0 Å². The quantitative estimate of drug-likeness (QED) is 0.333. The minimum Gasteiger partial charge on any atom is -0.493 e. The van der Waals surface area contributed by atoms with Crippen LogP contribution in [0.5, 0.6) is 5.75 Å². The van der Waals surface area contributed by atoms with Crippen LogP contribution in [0.1, 0.15) is 18.4 Å². The van der Waals surface area contributed by atoms with Crippen molar-refractivity contribution in [3.63, 3.8) is 0 Å². The summed E-state index contributed by atoms with van der Waals surface area (Å²) in [5, 5.41) is 7.08. The molecule has 8 heteroatoms. The van der Waals surface area contributed by atoms with Gasteiger partial charge in [0.15, 0.2) is 6.29 Å². The summed E-state index contributed by atoms with van der Waals surface area (Å²) in [6, 6.07) is 15.9. The number of hydrogen-bond acceptors (Lipinski definition) is 7. The monoisotopic (exact) mass is 487 g/mol. The summed E-state index contributed by atoms with van der Waals surface area (Å²) in [6.45, 7) is 2.00. The molecular weight excluding hydrogens is 466 g/mol. The molecule has 1 aliphatic heterocycles. The van der Waals surface area contributed by atoms with Crippen molar-refractivity contribution >= 4 is 38.6 Å². The van der Waals surface area contributed by atoms with Gasteiger partial charge in [-0.15, -0.1) is 11.3 Å². The third-order valence-corrected chi connectivity index (χ3v) is 5.66. The summed E-state index contributed by atoms with van der Waals surface area (Å²) in [5.41, 5.74) is 5.88. The van der Waals surface area contributed by atoms with E-state index in [4.69, 9.17) is 14.2 Å². The number of ether oxygens (including phenoxy) is 3. The van der Waals surface area contributed by atoms with Crippen molar-refractivity contribution in [1.29, 1.82) is 0 Å². The highest BCUT2D eigenvalue weighted by atomic mass is 79.9. The summed E-state index contributed by atoms with van der Waals surface area (Å²) in [5.74, 6) is 0.753. The smallest absolute Gasteiger partial charge is 0.203 e. The van der Waals surface area contributed by atoms with E-state index in [0.29, 0.717) is 13.0 Å². The van der Waals surface area contributed by atoms with Gasteiger partial charge in [-0.3, -0.25) is 5.43 Å². The van der Waals surface area contributed by atoms with E-state index in [1.807, 2.05) is 53.9 Å². The maximum absolute atomic E-state index is 5.95. The van der Waals surface area contributed by atoms with Crippen molar-refractivity contribution in [1.82, 2.24) is 4.98 Å². The van der Waals surface area contributed by atoms with Gasteiger partial charge < -0.3 is 14.2 Å². The van der Waals surface area contributed by atoms with Gasteiger partial charge in [-0.1, -0.05) is 46.3 Å². The number of thiazole rings is 1. The predicted molar refractivity (Wildman–Crippen MR) is 123 cm³/mol. The zero-order valence-electron chi connectivity index (χ0n) is 16.3. The molecule has 1 saturated heterocycles. The first-order chi connectivity index (χ1) is 14.8. The van der Waals surface area contributed by atoms with E-state index in [2.05, 4.69) is 31.4 Å². The SMILES string of the molecule is Brc1ccc(OCCC2OCCCO2)c(C=NNc2nc(-c3ccccc3)cs2)c1. The van der Waals surface area contributed by atoms with Crippen LogP contribution < -0.4 is 10.2 Å². The molecule has 0 spiro atoms. The molecule has 1 fully saturated rings. The summed E-state index contributed by atoms with van der Waals surface area (Å²) < 4.78 is 18.0. The average Bonchev–Trinajstić information content (AvgIpc) is 3.26. The van der Waals surface area contributed by atoms with E-state index in [1.165, 1.54) is 11.3 Å². The maximum Gasteiger partial charge on any atom is 0.203 e. The third kappa shape index (κ3) is 5.89. The van der Waals surface area contributed by atoms with Gasteiger partial charge in [-0.25, -0.2) is 4.98 Å². The van der Waals surface area contributed by atoms with Gasteiger partial charge >= 0.3 is 0 Å². The van der Waals surface area contributed by atoms with Crippen molar-refractivity contribution in [3.05, 3.63) is 63.9 Å². The van der Waals surface area contributed by atoms with E-state index in [0.717, 1.165) is 51.8 Å². The molecule has 1 N–H and O–H groups in total. The Balaban J connectivity index is 1.36. The van der Waals surface area contributed by atoms with Crippen molar-refractivity contribution in [3.8, 4) is 17.0 Å². The second kappa shape index (κ2) is 10.7. The van der Waals surface area contributed by atoms with Crippen molar-refractivity contribution in [2.75, 3.05) is 25.2 Å². The van der Waals surface area contributed by atoms with Gasteiger partial charge in [0.25, 0.3) is 0 Å². The predicted octanol–water partition coefficient (Wildman–Crippen LogP) is 5.55. The first-order valence-corrected chi connectivity index (χ1v) is 11.4. The minimum absolute atomic E-state index is 0.184. The highest BCUT2D eigenvalue weighted by Gasteiger charge is 2.14. The number of nitrogens with one attached hydrogen (secondary N) is 1. The summed E-state index contributed by atoms with van der Waals surface area (Å²) in [4.78, 5) is 4.58. The van der Waals surface area contributed by atoms with E-state index >= 15 is 0 Å². The maximum atomic E-state index is 5.95. The van der Waals surface area contributed by atoms with Crippen LogP contribution >= 0.6 is 27.3 Å². The van der Waals surface area contributed by atoms with Crippen LogP contribution in [0.15, 0.2) is 63.5 Å². The Bertz CT molecular complexity index is 975. The molecule has 0 bridgehead atoms. The average molecular weight is 488 g/mol. The van der Waals surface area contributed by atoms with E-state index in [9.17, 15) is 0 Å². The van der Waals surface area contributed by atoms with Crippen LogP contribution in [-0.2, 0) is 9.47 Å². The number of benzene rings is 2. The van der Waals surface area contributed by atoms with E-state index in [1.54, 1.807) is 6.21 Å². The molecule has 1 aromatic heterocycles. The number of rotatable bonds is 8. The zero-order valence-corrected chi connectivity index (χ0v) is 18.7. The molecule has 4 rings (SSSR count). The lowest BCUT2D eigenvalue weighted by Gasteiger charge is -2.23. The Morgan fingerprint density at radius 3 is 2.87 bits per heavy atom. The zero-order chi connectivity index (χ0) is 20.6. The van der Waals surface area contributed by atoms with Crippen molar-refractivity contribution in [2.24, 2.45) is 5.10 Å². The minimum atomic E-state index is -0.184. The Morgan fingerprint density at radius 2 is 2.03 bits per heavy atom. The lowest BCUT2D eigenvalue weighted by Crippen LogP contribution is -2.26. The van der Waals surface area contributed by atoms with Gasteiger partial charge in [0.2, 0.25) is 5.13 Å². The fourth-order valence-corrected chi connectivity index (χ4v) is 3.99. The largest absolute Gasteiger partial charge is 0.493 e. The lowest BCUT2D eigenvalue weighted by atomic mass is 10.2. The van der Waals surface area contributed by atoms with Gasteiger partial charge in [-0.2, -0.15) is 5.10 Å². The number of aromatic nitrogens is 1. The number of nitrogens with zero attached hydrogens (tertiary/aromatic N) is 2. The standard InChI is InChI=1S/C22H22BrN3O3S/c23-18-7-8-20(27-12-9-21-28-10-4-11-29-21)17(13-18)14-24-26-22-25-19(15-30-22)16-5-2-1-3-6-16/h1-3,5-8,13-15,21H,4,9-12H2,(H,25,26). The van der Waals surface area contributed by atoms with Crippen LogP contribution in [0.4, 0.5) is 5.13 Å². The number of hydrazone groups is 1. The summed E-state index contributed by atoms with van der Waals surface area (Å²) in [7, 11) is 0. The molecule has 6 nitrogen and oxygen atoms in total. The molecule has 2 heterocycles. The Morgan fingerprint density at radius 1 is 1.20 bits per heavy atom. The fourth-order valence-electron chi connectivity index (χ4n) is 2.94. The molecule has 2 aromatic carbocycles. The number of anilines is 1. The number of hydrogen-bond donors (Lipinski definition) is 1. The van der Waals surface area contributed by atoms with Gasteiger partial charge in [0.1, 0.15) is 5.75 Å². The molecular formula is C22H22BrN3O3S. The third-order valence-electron chi connectivity index (χ3n) is 4.42. The normalized spacial score (nSPS) is 14.8. The first kappa shape index (κ1) is 21.0. The van der Waals surface area contributed by atoms with E-state index in [-0.39, 0.29) is 6.29 Å². The van der Waals surface area contributed by atoms with Crippen LogP contribution in [0.25, 0.3) is 11.3 Å². The van der Waals surface area contributed by atoms with Gasteiger partial charge in [-0.05, 0) is 24.6 Å². The van der Waals surface area contributed by atoms with Crippen LogP contribution in [-0.4, -0.2) is 37.3 Å². The first-order valence-electron chi connectivity index (χ1n) is 9.73. The molecule has 30 heavy (non-hydrogen) atoms. The Kier molecular flexibility index (Phi) is 7.47. The summed E-state index contributed by atoms with van der Waals surface area (Å²) in [6.07, 6.45) is 3.18. The Hall–Kier alpha value is -2.26. The summed E-state index contributed by atoms with van der Waals surface area (Å²) >= 11 is 5.02. The van der Waals surface area contributed by atoms with Gasteiger partial charge in [0.05, 0.1) is 31.7 Å². The molecule has 0 aliphatic carbocycles. The Labute approximate surface area is 188 Å². The second-order valence-electron chi connectivity index (χ2n) is 6.62.